The zero-order valence-electron chi connectivity index (χ0n) is 13.1. The second-order valence-corrected chi connectivity index (χ2v) is 6.04. The molecule has 126 valence electrons. The summed E-state index contributed by atoms with van der Waals surface area (Å²) in [7, 11) is 1.37. The Labute approximate surface area is 147 Å². The predicted molar refractivity (Wildman–Crippen MR) is 96.9 cm³/mol. The van der Waals surface area contributed by atoms with Crippen molar-refractivity contribution in [3.63, 3.8) is 0 Å². The first-order valence-electron chi connectivity index (χ1n) is 7.24. The van der Waals surface area contributed by atoms with Crippen molar-refractivity contribution in [3.8, 4) is 5.75 Å². The molecule has 3 rings (SSSR count). The van der Waals surface area contributed by atoms with E-state index in [-0.39, 0.29) is 17.3 Å². The molecule has 2 aromatic rings. The molecule has 0 aliphatic carbocycles. The number of hydrogen-bond acceptors (Lipinski definition) is 6. The van der Waals surface area contributed by atoms with Gasteiger partial charge >= 0.3 is 5.69 Å². The van der Waals surface area contributed by atoms with Gasteiger partial charge in [0.15, 0.2) is 10.9 Å². The molecule has 1 saturated heterocycles. The molecule has 1 aliphatic rings. The first kappa shape index (κ1) is 16.7. The van der Waals surface area contributed by atoms with Crippen molar-refractivity contribution < 1.29 is 14.5 Å². The van der Waals surface area contributed by atoms with Gasteiger partial charge in [-0.15, -0.1) is 0 Å². The van der Waals surface area contributed by atoms with Crippen LogP contribution in [0.1, 0.15) is 5.56 Å². The van der Waals surface area contributed by atoms with Gasteiger partial charge in [-0.25, -0.2) is 4.99 Å². The fourth-order valence-electron chi connectivity index (χ4n) is 2.19. The average Bonchev–Trinajstić information content (AvgIpc) is 2.94. The smallest absolute Gasteiger partial charge is 0.311 e. The Morgan fingerprint density at radius 1 is 1.24 bits per heavy atom. The topological polar surface area (TPSA) is 93.8 Å². The molecule has 0 unspecified atom stereocenters. The van der Waals surface area contributed by atoms with E-state index in [0.29, 0.717) is 15.6 Å². The summed E-state index contributed by atoms with van der Waals surface area (Å²) in [5, 5.41) is 14.2. The SMILES string of the molecule is COc1ccc(/C=C2/SC(=Nc3ccccc3)NC2=O)cc1[N+](=O)[O-]. The lowest BCUT2D eigenvalue weighted by Gasteiger charge is -2.02. The molecule has 1 aliphatic heterocycles. The van der Waals surface area contributed by atoms with Crippen LogP contribution in [-0.2, 0) is 4.79 Å². The fourth-order valence-corrected chi connectivity index (χ4v) is 3.03. The first-order chi connectivity index (χ1) is 12.1. The van der Waals surface area contributed by atoms with E-state index in [2.05, 4.69) is 10.3 Å². The average molecular weight is 355 g/mol. The lowest BCUT2D eigenvalue weighted by Crippen LogP contribution is -2.19. The number of hydrogen-bond donors (Lipinski definition) is 1. The monoisotopic (exact) mass is 355 g/mol. The number of carbonyl (C=O) groups excluding carboxylic acids is 1. The Bertz CT molecular complexity index is 894. The van der Waals surface area contributed by atoms with Crippen LogP contribution >= 0.6 is 11.8 Å². The molecule has 0 bridgehead atoms. The molecule has 25 heavy (non-hydrogen) atoms. The number of ether oxygens (including phenoxy) is 1. The number of para-hydroxylation sites is 1. The number of aliphatic imine (C=N–C) groups is 1. The highest BCUT2D eigenvalue weighted by Gasteiger charge is 2.24. The number of nitrogens with zero attached hydrogens (tertiary/aromatic N) is 2. The van der Waals surface area contributed by atoms with Gasteiger partial charge in [0.2, 0.25) is 0 Å². The van der Waals surface area contributed by atoms with Crippen LogP contribution < -0.4 is 10.1 Å². The standard InChI is InChI=1S/C17H13N3O4S/c1-24-14-8-7-11(9-13(14)20(22)23)10-15-16(21)19-17(25-15)18-12-5-3-2-4-6-12/h2-10H,1H3,(H,18,19,21)/b15-10+. The zero-order chi connectivity index (χ0) is 17.8. The molecule has 0 radical (unpaired) electrons. The minimum absolute atomic E-state index is 0.154. The van der Waals surface area contributed by atoms with Gasteiger partial charge in [-0.3, -0.25) is 14.9 Å². The van der Waals surface area contributed by atoms with Crippen LogP contribution in [-0.4, -0.2) is 23.1 Å². The van der Waals surface area contributed by atoms with E-state index >= 15 is 0 Å². The Balaban J connectivity index is 1.87. The van der Waals surface area contributed by atoms with Gasteiger partial charge in [0.25, 0.3) is 5.91 Å². The van der Waals surface area contributed by atoms with E-state index in [1.54, 1.807) is 12.1 Å². The molecule has 0 saturated carbocycles. The number of rotatable bonds is 4. The first-order valence-corrected chi connectivity index (χ1v) is 8.05. The number of benzene rings is 2. The van der Waals surface area contributed by atoms with Gasteiger partial charge in [0, 0.05) is 6.07 Å². The number of nitro groups is 1. The van der Waals surface area contributed by atoms with E-state index in [1.807, 2.05) is 30.3 Å². The highest BCUT2D eigenvalue weighted by Crippen LogP contribution is 2.31. The number of carbonyl (C=O) groups is 1. The van der Waals surface area contributed by atoms with Gasteiger partial charge < -0.3 is 10.1 Å². The fraction of sp³-hybridized carbons (Fsp3) is 0.0588. The quantitative estimate of drug-likeness (QED) is 0.515. The van der Waals surface area contributed by atoms with Gasteiger partial charge in [0.05, 0.1) is 22.6 Å². The summed E-state index contributed by atoms with van der Waals surface area (Å²) in [4.78, 5) is 27.4. The van der Waals surface area contributed by atoms with Crippen molar-refractivity contribution in [2.45, 2.75) is 0 Å². The Morgan fingerprint density at radius 2 is 2.00 bits per heavy atom. The maximum Gasteiger partial charge on any atom is 0.311 e. The van der Waals surface area contributed by atoms with Gasteiger partial charge in [-0.2, -0.15) is 0 Å². The van der Waals surface area contributed by atoms with E-state index in [0.717, 1.165) is 5.69 Å². The zero-order valence-corrected chi connectivity index (χ0v) is 13.9. The summed E-state index contributed by atoms with van der Waals surface area (Å²) >= 11 is 1.18. The number of nitrogens with one attached hydrogen (secondary N) is 1. The lowest BCUT2D eigenvalue weighted by atomic mass is 10.1. The van der Waals surface area contributed by atoms with Crippen molar-refractivity contribution in [2.24, 2.45) is 4.99 Å². The number of amidine groups is 1. The highest BCUT2D eigenvalue weighted by atomic mass is 32.2. The van der Waals surface area contributed by atoms with E-state index in [4.69, 9.17) is 4.74 Å². The lowest BCUT2D eigenvalue weighted by molar-refractivity contribution is -0.385. The summed E-state index contributed by atoms with van der Waals surface area (Å²) in [6.45, 7) is 0. The maximum absolute atomic E-state index is 12.1. The largest absolute Gasteiger partial charge is 0.490 e. The molecule has 0 spiro atoms. The van der Waals surface area contributed by atoms with Crippen molar-refractivity contribution >= 4 is 40.3 Å². The molecular formula is C17H13N3O4S. The minimum Gasteiger partial charge on any atom is -0.490 e. The van der Waals surface area contributed by atoms with Crippen LogP contribution in [0.4, 0.5) is 11.4 Å². The van der Waals surface area contributed by atoms with Crippen molar-refractivity contribution in [1.82, 2.24) is 5.32 Å². The van der Waals surface area contributed by atoms with Crippen molar-refractivity contribution in [1.29, 1.82) is 0 Å². The molecule has 2 aromatic carbocycles. The number of nitro benzene ring substituents is 1. The van der Waals surface area contributed by atoms with Crippen LogP contribution in [0, 0.1) is 10.1 Å². The van der Waals surface area contributed by atoms with Crippen LogP contribution in [0.25, 0.3) is 6.08 Å². The maximum atomic E-state index is 12.1. The summed E-state index contributed by atoms with van der Waals surface area (Å²) in [5.41, 5.74) is 1.11. The molecule has 1 amide bonds. The molecule has 8 heteroatoms. The van der Waals surface area contributed by atoms with Crippen LogP contribution in [0.15, 0.2) is 58.4 Å². The third-order valence-electron chi connectivity index (χ3n) is 3.34. The van der Waals surface area contributed by atoms with Gasteiger partial charge in [-0.05, 0) is 41.6 Å². The van der Waals surface area contributed by atoms with Crippen molar-refractivity contribution in [2.75, 3.05) is 7.11 Å². The number of thioether (sulfide) groups is 1. The van der Waals surface area contributed by atoms with Crippen LogP contribution in [0.5, 0.6) is 5.75 Å². The molecule has 1 N–H and O–H groups in total. The van der Waals surface area contributed by atoms with Gasteiger partial charge in [-0.1, -0.05) is 24.3 Å². The third-order valence-corrected chi connectivity index (χ3v) is 4.24. The van der Waals surface area contributed by atoms with E-state index in [1.165, 1.54) is 31.0 Å². The number of amides is 1. The molecule has 1 heterocycles. The normalized spacial score (nSPS) is 16.9. The molecule has 0 aromatic heterocycles. The third kappa shape index (κ3) is 3.86. The second kappa shape index (κ2) is 7.18. The second-order valence-electron chi connectivity index (χ2n) is 5.01. The molecule has 1 fully saturated rings. The summed E-state index contributed by atoms with van der Waals surface area (Å²) in [5.74, 6) is -0.125. The van der Waals surface area contributed by atoms with Gasteiger partial charge in [0.1, 0.15) is 0 Å². The summed E-state index contributed by atoms with van der Waals surface area (Å²) < 4.78 is 4.97. The number of methoxy groups -OCH3 is 1. The molecular weight excluding hydrogens is 342 g/mol. The Morgan fingerprint density at radius 3 is 2.68 bits per heavy atom. The van der Waals surface area contributed by atoms with E-state index < -0.39 is 4.92 Å². The highest BCUT2D eigenvalue weighted by molar-refractivity contribution is 8.18. The summed E-state index contributed by atoms with van der Waals surface area (Å²) in [6.07, 6.45) is 1.58. The van der Waals surface area contributed by atoms with Crippen LogP contribution in [0.2, 0.25) is 0 Å². The van der Waals surface area contributed by atoms with Crippen molar-refractivity contribution in [3.05, 3.63) is 69.1 Å². The summed E-state index contributed by atoms with van der Waals surface area (Å²) in [6, 6.07) is 13.8. The van der Waals surface area contributed by atoms with E-state index in [9.17, 15) is 14.9 Å². The Hall–Kier alpha value is -3.13. The molecule has 0 atom stereocenters. The Kier molecular flexibility index (Phi) is 4.80. The minimum atomic E-state index is -0.523. The molecule has 7 nitrogen and oxygen atoms in total. The predicted octanol–water partition coefficient (Wildman–Crippen LogP) is 3.50. The van der Waals surface area contributed by atoms with Crippen LogP contribution in [0.3, 0.4) is 0 Å².